The molecule has 0 radical (unpaired) electrons. The van der Waals surface area contributed by atoms with E-state index in [0.29, 0.717) is 5.56 Å². The molecule has 3 aromatic rings. The van der Waals surface area contributed by atoms with Gasteiger partial charge < -0.3 is 14.8 Å². The molecule has 0 heterocycles. The van der Waals surface area contributed by atoms with Gasteiger partial charge in [-0.3, -0.25) is 0 Å². The van der Waals surface area contributed by atoms with Gasteiger partial charge >= 0.3 is 12.1 Å². The summed E-state index contributed by atoms with van der Waals surface area (Å²) >= 11 is 0. The van der Waals surface area contributed by atoms with Gasteiger partial charge in [-0.25, -0.2) is 9.59 Å². The van der Waals surface area contributed by atoms with E-state index in [0.717, 1.165) is 16.7 Å². The fourth-order valence-corrected chi connectivity index (χ4v) is 3.01. The van der Waals surface area contributed by atoms with Gasteiger partial charge in [0.1, 0.15) is 12.2 Å². The van der Waals surface area contributed by atoms with Crippen LogP contribution in [0.3, 0.4) is 0 Å². The van der Waals surface area contributed by atoms with Crippen molar-refractivity contribution in [2.24, 2.45) is 0 Å². The summed E-state index contributed by atoms with van der Waals surface area (Å²) in [6, 6.07) is 25.8. The Bertz CT molecular complexity index is 993. The smallest absolute Gasteiger partial charge is 0.408 e. The fraction of sp³-hybridized carbons (Fsp3) is 0.231. The van der Waals surface area contributed by atoms with Crippen LogP contribution in [0, 0.1) is 0 Å². The molecule has 0 aliphatic rings. The molecule has 0 saturated heterocycles. The second-order valence-electron chi connectivity index (χ2n) is 8.16. The monoisotopic (exact) mass is 417 g/mol. The average molecular weight is 418 g/mol. The lowest BCUT2D eigenvalue weighted by molar-refractivity contribution is -0.147. The van der Waals surface area contributed by atoms with Crippen molar-refractivity contribution < 1.29 is 19.1 Å². The van der Waals surface area contributed by atoms with Gasteiger partial charge in [0.05, 0.1) is 0 Å². The molecule has 0 fully saturated rings. The minimum absolute atomic E-state index is 0.119. The zero-order valence-electron chi connectivity index (χ0n) is 18.0. The predicted molar refractivity (Wildman–Crippen MR) is 120 cm³/mol. The molecule has 0 bridgehead atoms. The number of esters is 1. The van der Waals surface area contributed by atoms with Crippen LogP contribution >= 0.6 is 0 Å². The van der Waals surface area contributed by atoms with Crippen LogP contribution in [0.25, 0.3) is 11.1 Å². The molecule has 3 rings (SSSR count). The minimum atomic E-state index is -0.983. The predicted octanol–water partition coefficient (Wildman–Crippen LogP) is 5.66. The van der Waals surface area contributed by atoms with Crippen LogP contribution in [-0.4, -0.2) is 17.7 Å². The van der Waals surface area contributed by atoms with E-state index in [2.05, 4.69) is 5.32 Å². The SMILES string of the molecule is CC(C)(C)OC(=O)NC(C(=O)OCc1ccccc1)c1ccc(-c2ccccc2)cc1. The Morgan fingerprint density at radius 2 is 1.35 bits per heavy atom. The summed E-state index contributed by atoms with van der Waals surface area (Å²) in [6.45, 7) is 5.42. The van der Waals surface area contributed by atoms with Crippen molar-refractivity contribution in [3.63, 3.8) is 0 Å². The third kappa shape index (κ3) is 6.71. The van der Waals surface area contributed by atoms with Crippen molar-refractivity contribution in [1.29, 1.82) is 0 Å². The van der Waals surface area contributed by atoms with Gasteiger partial charge in [0.2, 0.25) is 0 Å². The summed E-state index contributed by atoms with van der Waals surface area (Å²) in [5.74, 6) is -0.554. The maximum absolute atomic E-state index is 12.9. The number of hydrogen-bond acceptors (Lipinski definition) is 4. The van der Waals surface area contributed by atoms with Gasteiger partial charge in [0, 0.05) is 0 Å². The van der Waals surface area contributed by atoms with Gasteiger partial charge in [0.15, 0.2) is 6.04 Å². The molecule has 0 aromatic heterocycles. The fourth-order valence-electron chi connectivity index (χ4n) is 3.01. The molecule has 31 heavy (non-hydrogen) atoms. The topological polar surface area (TPSA) is 64.6 Å². The Balaban J connectivity index is 1.79. The van der Waals surface area contributed by atoms with Crippen molar-refractivity contribution in [3.05, 3.63) is 96.1 Å². The first kappa shape index (κ1) is 22.1. The molecule has 1 amide bonds. The lowest BCUT2D eigenvalue weighted by Gasteiger charge is -2.23. The van der Waals surface area contributed by atoms with Crippen LogP contribution in [0.4, 0.5) is 4.79 Å². The standard InChI is InChI=1S/C26H27NO4/c1-26(2,3)31-25(29)27-23(24(28)30-18-19-10-6-4-7-11-19)22-16-14-21(15-17-22)20-12-8-5-9-13-20/h4-17,23H,18H2,1-3H3,(H,27,29). The Kier molecular flexibility index (Phi) is 7.08. The number of rotatable bonds is 6. The van der Waals surface area contributed by atoms with Crippen LogP contribution in [0.15, 0.2) is 84.9 Å². The van der Waals surface area contributed by atoms with Crippen LogP contribution in [0.1, 0.15) is 37.9 Å². The van der Waals surface area contributed by atoms with Crippen molar-refractivity contribution in [1.82, 2.24) is 5.32 Å². The Morgan fingerprint density at radius 1 is 0.806 bits per heavy atom. The molecular weight excluding hydrogens is 390 g/mol. The quantitative estimate of drug-likeness (QED) is 0.526. The van der Waals surface area contributed by atoms with E-state index in [9.17, 15) is 9.59 Å². The normalized spacial score (nSPS) is 12.0. The summed E-state index contributed by atoms with van der Waals surface area (Å²) in [4.78, 5) is 25.2. The molecule has 5 heteroatoms. The van der Waals surface area contributed by atoms with E-state index in [-0.39, 0.29) is 6.61 Å². The number of benzene rings is 3. The largest absolute Gasteiger partial charge is 0.459 e. The Hall–Kier alpha value is -3.60. The van der Waals surface area contributed by atoms with Gasteiger partial charge in [-0.05, 0) is 43.0 Å². The molecule has 160 valence electrons. The number of nitrogens with one attached hydrogen (secondary N) is 1. The van der Waals surface area contributed by atoms with Gasteiger partial charge in [-0.2, -0.15) is 0 Å². The molecule has 3 aromatic carbocycles. The van der Waals surface area contributed by atoms with E-state index in [1.54, 1.807) is 20.8 Å². The highest BCUT2D eigenvalue weighted by Gasteiger charge is 2.27. The van der Waals surface area contributed by atoms with Crippen molar-refractivity contribution in [2.45, 2.75) is 39.0 Å². The molecule has 1 unspecified atom stereocenters. The molecule has 0 saturated carbocycles. The highest BCUT2D eigenvalue weighted by molar-refractivity contribution is 5.83. The zero-order chi connectivity index (χ0) is 22.3. The van der Waals surface area contributed by atoms with Crippen LogP contribution in [0.2, 0.25) is 0 Å². The van der Waals surface area contributed by atoms with E-state index < -0.39 is 23.7 Å². The van der Waals surface area contributed by atoms with Gasteiger partial charge in [-0.15, -0.1) is 0 Å². The molecule has 1 atom stereocenters. The third-order valence-electron chi connectivity index (χ3n) is 4.47. The number of alkyl carbamates (subject to hydrolysis) is 1. The van der Waals surface area contributed by atoms with Crippen molar-refractivity contribution >= 4 is 12.1 Å². The van der Waals surface area contributed by atoms with Gasteiger partial charge in [0.25, 0.3) is 0 Å². The summed E-state index contributed by atoms with van der Waals surface area (Å²) < 4.78 is 10.8. The summed E-state index contributed by atoms with van der Waals surface area (Å²) in [5.41, 5.74) is 2.88. The first-order valence-electron chi connectivity index (χ1n) is 10.2. The Morgan fingerprint density at radius 3 is 1.94 bits per heavy atom. The van der Waals surface area contributed by atoms with Crippen LogP contribution < -0.4 is 5.32 Å². The number of carbonyl (C=O) groups is 2. The molecule has 0 aliphatic heterocycles. The third-order valence-corrected chi connectivity index (χ3v) is 4.47. The summed E-state index contributed by atoms with van der Waals surface area (Å²) in [5, 5.41) is 2.65. The maximum Gasteiger partial charge on any atom is 0.408 e. The summed E-state index contributed by atoms with van der Waals surface area (Å²) in [7, 11) is 0. The van der Waals surface area contributed by atoms with Crippen LogP contribution in [-0.2, 0) is 20.9 Å². The van der Waals surface area contributed by atoms with E-state index in [1.165, 1.54) is 0 Å². The van der Waals surface area contributed by atoms with E-state index in [4.69, 9.17) is 9.47 Å². The minimum Gasteiger partial charge on any atom is -0.459 e. The Labute approximate surface area is 183 Å². The molecule has 0 aliphatic carbocycles. The first-order chi connectivity index (χ1) is 14.8. The van der Waals surface area contributed by atoms with Gasteiger partial charge in [-0.1, -0.05) is 84.9 Å². The van der Waals surface area contributed by atoms with Crippen molar-refractivity contribution in [3.8, 4) is 11.1 Å². The zero-order valence-corrected chi connectivity index (χ0v) is 18.0. The van der Waals surface area contributed by atoms with Crippen LogP contribution in [0.5, 0.6) is 0 Å². The van der Waals surface area contributed by atoms with E-state index in [1.807, 2.05) is 84.9 Å². The molecule has 1 N–H and O–H groups in total. The lowest BCUT2D eigenvalue weighted by atomic mass is 10.0. The second kappa shape index (κ2) is 9.94. The lowest BCUT2D eigenvalue weighted by Crippen LogP contribution is -2.38. The first-order valence-corrected chi connectivity index (χ1v) is 10.2. The highest BCUT2D eigenvalue weighted by Crippen LogP contribution is 2.23. The maximum atomic E-state index is 12.9. The van der Waals surface area contributed by atoms with Crippen molar-refractivity contribution in [2.75, 3.05) is 0 Å². The summed E-state index contributed by atoms with van der Waals surface area (Å²) in [6.07, 6.45) is -0.679. The number of carbonyl (C=O) groups excluding carboxylic acids is 2. The number of amides is 1. The highest BCUT2D eigenvalue weighted by atomic mass is 16.6. The van der Waals surface area contributed by atoms with E-state index >= 15 is 0 Å². The second-order valence-corrected chi connectivity index (χ2v) is 8.16. The number of ether oxygens (including phenoxy) is 2. The molecule has 0 spiro atoms. The number of hydrogen-bond donors (Lipinski definition) is 1. The average Bonchev–Trinajstić information content (AvgIpc) is 2.76. The molecule has 5 nitrogen and oxygen atoms in total. The molecular formula is C26H27NO4.